The number of hydroxylamine groups is 2. The number of carbonyl (C=O) groups is 5. The number of piperidine rings is 1. The van der Waals surface area contributed by atoms with Gasteiger partial charge in [0.1, 0.15) is 6.10 Å². The van der Waals surface area contributed by atoms with Gasteiger partial charge in [0.15, 0.2) is 0 Å². The Morgan fingerprint density at radius 1 is 0.794 bits per heavy atom. The molecule has 194 valence electrons. The van der Waals surface area contributed by atoms with Crippen LogP contribution >= 0.6 is 0 Å². The van der Waals surface area contributed by atoms with Gasteiger partial charge in [0.2, 0.25) is 0 Å². The van der Waals surface area contributed by atoms with Crippen LogP contribution in [0.1, 0.15) is 47.5 Å². The predicted octanol–water partition coefficient (Wildman–Crippen LogP) is -0.113. The number of carbonyl (C=O) groups excluding carboxylic acids is 2. The summed E-state index contributed by atoms with van der Waals surface area (Å²) in [6.07, 6.45) is 0.485. The first-order valence-electron chi connectivity index (χ1n) is 10.8. The van der Waals surface area contributed by atoms with Crippen molar-refractivity contribution in [3.05, 3.63) is 0 Å². The van der Waals surface area contributed by atoms with Crippen LogP contribution in [0.25, 0.3) is 0 Å². The van der Waals surface area contributed by atoms with Crippen molar-refractivity contribution in [2.24, 2.45) is 0 Å². The van der Waals surface area contributed by atoms with Crippen molar-refractivity contribution in [3.63, 3.8) is 0 Å². The lowest BCUT2D eigenvalue weighted by atomic mass is 9.80. The summed E-state index contributed by atoms with van der Waals surface area (Å²) in [6, 6.07) is 0. The van der Waals surface area contributed by atoms with Gasteiger partial charge < -0.3 is 24.9 Å². The van der Waals surface area contributed by atoms with Crippen LogP contribution < -0.4 is 0 Å². The number of hydrogen-bond acceptors (Lipinski definition) is 10. The van der Waals surface area contributed by atoms with Gasteiger partial charge in [0, 0.05) is 32.9 Å². The van der Waals surface area contributed by atoms with Gasteiger partial charge in [0.05, 0.1) is 37.3 Å². The zero-order valence-electron chi connectivity index (χ0n) is 20.3. The van der Waals surface area contributed by atoms with Crippen molar-refractivity contribution in [1.82, 2.24) is 14.9 Å². The Labute approximate surface area is 198 Å². The van der Waals surface area contributed by atoms with E-state index in [1.807, 2.05) is 27.7 Å². The van der Waals surface area contributed by atoms with Crippen molar-refractivity contribution in [3.8, 4) is 0 Å². The molecule has 1 saturated heterocycles. The quantitative estimate of drug-likeness (QED) is 0.292. The minimum Gasteiger partial charge on any atom is -0.480 e. The highest BCUT2D eigenvalue weighted by Crippen LogP contribution is 2.39. The molecule has 13 heteroatoms. The van der Waals surface area contributed by atoms with E-state index >= 15 is 0 Å². The van der Waals surface area contributed by atoms with E-state index < -0.39 is 67.1 Å². The third-order valence-electron chi connectivity index (χ3n) is 5.24. The molecule has 34 heavy (non-hydrogen) atoms. The van der Waals surface area contributed by atoms with E-state index in [0.29, 0.717) is 12.8 Å². The van der Waals surface area contributed by atoms with E-state index in [2.05, 4.69) is 0 Å². The minimum atomic E-state index is -1.23. The maximum atomic E-state index is 12.8. The third kappa shape index (κ3) is 10.0. The lowest BCUT2D eigenvalue weighted by Crippen LogP contribution is -2.63. The number of hydrogen-bond donors (Lipinski definition) is 3. The molecule has 0 atom stereocenters. The Morgan fingerprint density at radius 3 is 1.53 bits per heavy atom. The summed E-state index contributed by atoms with van der Waals surface area (Å²) in [5, 5.41) is 28.6. The number of rotatable bonds is 13. The summed E-state index contributed by atoms with van der Waals surface area (Å²) in [4.78, 5) is 65.3. The zero-order valence-corrected chi connectivity index (χ0v) is 20.3. The van der Waals surface area contributed by atoms with E-state index in [1.165, 1.54) is 16.9 Å². The summed E-state index contributed by atoms with van der Waals surface area (Å²) in [7, 11) is 0. The largest absolute Gasteiger partial charge is 0.480 e. The first kappa shape index (κ1) is 29.3. The molecule has 0 aliphatic carbocycles. The summed E-state index contributed by atoms with van der Waals surface area (Å²) in [6.45, 7) is 6.51. The molecule has 1 aliphatic heterocycles. The summed E-state index contributed by atoms with van der Waals surface area (Å²) < 4.78 is 5.37. The zero-order chi connectivity index (χ0) is 26.3. The second-order valence-corrected chi connectivity index (χ2v) is 9.62. The Balaban J connectivity index is 2.86. The molecular formula is C21H35N3O10. The molecule has 0 bridgehead atoms. The van der Waals surface area contributed by atoms with E-state index in [0.717, 1.165) is 4.90 Å². The van der Waals surface area contributed by atoms with Gasteiger partial charge in [-0.2, -0.15) is 0 Å². The number of carboxylic acids is 3. The highest BCUT2D eigenvalue weighted by Gasteiger charge is 2.49. The normalized spacial score (nSPS) is 18.0. The first-order valence-corrected chi connectivity index (χ1v) is 10.8. The first-order chi connectivity index (χ1) is 15.5. The molecule has 0 amide bonds. The number of ether oxygens (including phenoxy) is 1. The van der Waals surface area contributed by atoms with E-state index in [1.54, 1.807) is 0 Å². The molecular weight excluding hydrogens is 454 g/mol. The molecule has 0 radical (unpaired) electrons. The molecule has 1 rings (SSSR count). The van der Waals surface area contributed by atoms with Crippen LogP contribution in [0.2, 0.25) is 0 Å². The van der Waals surface area contributed by atoms with Crippen LogP contribution in [-0.4, -0.2) is 116 Å². The van der Waals surface area contributed by atoms with Crippen LogP contribution in [0.4, 0.5) is 0 Å². The molecule has 0 spiro atoms. The average Bonchev–Trinajstić information content (AvgIpc) is 2.60. The molecule has 0 aromatic heterocycles. The fourth-order valence-corrected chi connectivity index (χ4v) is 4.33. The van der Waals surface area contributed by atoms with Gasteiger partial charge in [-0.1, -0.05) is 0 Å². The molecule has 1 heterocycles. The fourth-order valence-electron chi connectivity index (χ4n) is 4.33. The Morgan fingerprint density at radius 2 is 1.18 bits per heavy atom. The lowest BCUT2D eigenvalue weighted by molar-refractivity contribution is -0.277. The summed E-state index contributed by atoms with van der Waals surface area (Å²) >= 11 is 0. The van der Waals surface area contributed by atoms with E-state index in [4.69, 9.17) is 19.8 Å². The van der Waals surface area contributed by atoms with Crippen molar-refractivity contribution in [1.29, 1.82) is 0 Å². The van der Waals surface area contributed by atoms with Crippen LogP contribution in [-0.2, 0) is 33.5 Å². The number of aliphatic carboxylic acids is 3. The van der Waals surface area contributed by atoms with E-state index in [9.17, 15) is 29.1 Å². The van der Waals surface area contributed by atoms with Crippen molar-refractivity contribution < 1.29 is 48.9 Å². The highest BCUT2D eigenvalue weighted by atomic mass is 16.7. The second-order valence-electron chi connectivity index (χ2n) is 9.62. The van der Waals surface area contributed by atoms with Gasteiger partial charge >= 0.3 is 29.8 Å². The van der Waals surface area contributed by atoms with Crippen LogP contribution in [0.15, 0.2) is 0 Å². The predicted molar refractivity (Wildman–Crippen MR) is 117 cm³/mol. The minimum absolute atomic E-state index is 0.0662. The molecule has 3 N–H and O–H groups in total. The Kier molecular flexibility index (Phi) is 10.4. The SMILES string of the molecule is CC(=O)OC1CC(C)(C)N(OC(=O)CN(CCN(CC(=O)O)CC(=O)O)CC(=O)O)C(C)(C)C1. The summed E-state index contributed by atoms with van der Waals surface area (Å²) in [5.74, 6) is -4.79. The Bertz CT molecular complexity index is 749. The fraction of sp³-hybridized carbons (Fsp3) is 0.762. The molecule has 1 aliphatic rings. The topological polar surface area (TPSA) is 174 Å². The standard InChI is InChI=1S/C21H35N3O10/c1-14(25)33-15-8-20(2,3)24(21(4,5)9-15)34-19(32)13-23(12-18(30)31)7-6-22(10-16(26)27)11-17(28)29/h15H,6-13H2,1-5H3,(H,26,27)(H,28,29)(H,30,31). The van der Waals surface area contributed by atoms with Crippen molar-refractivity contribution >= 4 is 29.8 Å². The van der Waals surface area contributed by atoms with Crippen LogP contribution in [0.5, 0.6) is 0 Å². The highest BCUT2D eigenvalue weighted by molar-refractivity contribution is 5.74. The maximum absolute atomic E-state index is 12.8. The molecule has 1 fully saturated rings. The van der Waals surface area contributed by atoms with Crippen LogP contribution in [0, 0.1) is 0 Å². The average molecular weight is 490 g/mol. The van der Waals surface area contributed by atoms with Gasteiger partial charge in [-0.15, -0.1) is 5.06 Å². The number of nitrogens with zero attached hydrogens (tertiary/aromatic N) is 3. The molecule has 13 nitrogen and oxygen atoms in total. The number of carboxylic acid groups (broad SMARTS) is 3. The lowest BCUT2D eigenvalue weighted by Gasteiger charge is -2.52. The van der Waals surface area contributed by atoms with Crippen molar-refractivity contribution in [2.45, 2.75) is 64.6 Å². The van der Waals surface area contributed by atoms with Gasteiger partial charge in [0.25, 0.3) is 0 Å². The van der Waals surface area contributed by atoms with Crippen LogP contribution in [0.3, 0.4) is 0 Å². The molecule has 0 aromatic carbocycles. The third-order valence-corrected chi connectivity index (χ3v) is 5.24. The summed E-state index contributed by atoms with van der Waals surface area (Å²) in [5.41, 5.74) is -1.37. The second kappa shape index (κ2) is 12.1. The van der Waals surface area contributed by atoms with Gasteiger partial charge in [-0.3, -0.25) is 29.0 Å². The molecule has 0 aromatic rings. The maximum Gasteiger partial charge on any atom is 0.339 e. The van der Waals surface area contributed by atoms with E-state index in [-0.39, 0.29) is 19.2 Å². The van der Waals surface area contributed by atoms with Gasteiger partial charge in [-0.25, -0.2) is 4.79 Å². The Hall–Kier alpha value is -2.77. The van der Waals surface area contributed by atoms with Crippen molar-refractivity contribution in [2.75, 3.05) is 39.3 Å². The van der Waals surface area contributed by atoms with Gasteiger partial charge in [-0.05, 0) is 27.7 Å². The monoisotopic (exact) mass is 489 g/mol. The smallest absolute Gasteiger partial charge is 0.339 e. The molecule has 0 saturated carbocycles. The number of esters is 1. The molecule has 0 unspecified atom stereocenters.